The summed E-state index contributed by atoms with van der Waals surface area (Å²) >= 11 is 0. The lowest BCUT2D eigenvalue weighted by atomic mass is 10.1. The summed E-state index contributed by atoms with van der Waals surface area (Å²) in [7, 11) is 0. The third-order valence-electron chi connectivity index (χ3n) is 4.12. The molecule has 4 nitrogen and oxygen atoms in total. The van der Waals surface area contributed by atoms with Gasteiger partial charge in [-0.15, -0.1) is 0 Å². The molecule has 0 spiro atoms. The quantitative estimate of drug-likeness (QED) is 0.854. The zero-order valence-corrected chi connectivity index (χ0v) is 12.5. The summed E-state index contributed by atoms with van der Waals surface area (Å²) in [5, 5.41) is 0. The third kappa shape index (κ3) is 3.14. The van der Waals surface area contributed by atoms with Crippen LogP contribution in [0.5, 0.6) is 0 Å². The van der Waals surface area contributed by atoms with Gasteiger partial charge >= 0.3 is 0 Å². The number of para-hydroxylation sites is 1. The number of nitrogens with zero attached hydrogens (tertiary/aromatic N) is 2. The number of hydrogen-bond donors (Lipinski definition) is 2. The molecule has 0 saturated carbocycles. The maximum absolute atomic E-state index is 13.8. The Hall–Kier alpha value is -2.27. The van der Waals surface area contributed by atoms with E-state index in [1.807, 2.05) is 30.3 Å². The SMILES string of the molecule is Nc1ccc(CN2CCN(c3ccccc3F)CC2)cc1N. The molecule has 116 valence electrons. The van der Waals surface area contributed by atoms with Gasteiger partial charge in [-0.25, -0.2) is 4.39 Å². The third-order valence-corrected chi connectivity index (χ3v) is 4.12. The fourth-order valence-electron chi connectivity index (χ4n) is 2.84. The van der Waals surface area contributed by atoms with Crippen LogP contribution in [0.4, 0.5) is 21.5 Å². The normalized spacial score (nSPS) is 16.0. The highest BCUT2D eigenvalue weighted by Gasteiger charge is 2.19. The van der Waals surface area contributed by atoms with Crippen LogP contribution in [0.2, 0.25) is 0 Å². The van der Waals surface area contributed by atoms with E-state index in [1.165, 1.54) is 6.07 Å². The molecule has 0 amide bonds. The second kappa shape index (κ2) is 6.23. The van der Waals surface area contributed by atoms with E-state index in [-0.39, 0.29) is 5.82 Å². The zero-order valence-electron chi connectivity index (χ0n) is 12.5. The van der Waals surface area contributed by atoms with Gasteiger partial charge in [0.2, 0.25) is 0 Å². The van der Waals surface area contributed by atoms with Crippen molar-refractivity contribution in [1.29, 1.82) is 0 Å². The molecule has 2 aromatic rings. The Bertz CT molecular complexity index is 651. The molecule has 0 bridgehead atoms. The lowest BCUT2D eigenvalue weighted by Gasteiger charge is -2.36. The Balaban J connectivity index is 1.60. The molecule has 0 radical (unpaired) electrons. The van der Waals surface area contributed by atoms with Crippen LogP contribution in [0.25, 0.3) is 0 Å². The van der Waals surface area contributed by atoms with Crippen molar-refractivity contribution in [2.45, 2.75) is 6.54 Å². The largest absolute Gasteiger partial charge is 0.397 e. The minimum Gasteiger partial charge on any atom is -0.397 e. The van der Waals surface area contributed by atoms with Gasteiger partial charge in [-0.3, -0.25) is 4.90 Å². The van der Waals surface area contributed by atoms with Crippen LogP contribution in [0, 0.1) is 5.82 Å². The lowest BCUT2D eigenvalue weighted by Crippen LogP contribution is -2.46. The van der Waals surface area contributed by atoms with Crippen molar-refractivity contribution in [3.05, 3.63) is 53.8 Å². The van der Waals surface area contributed by atoms with Crippen LogP contribution in [0.3, 0.4) is 0 Å². The molecular weight excluding hydrogens is 279 g/mol. The smallest absolute Gasteiger partial charge is 0.146 e. The predicted octanol–water partition coefficient (Wildman–Crippen LogP) is 2.31. The second-order valence-electron chi connectivity index (χ2n) is 5.68. The van der Waals surface area contributed by atoms with Crippen LogP contribution in [0.15, 0.2) is 42.5 Å². The summed E-state index contributed by atoms with van der Waals surface area (Å²) < 4.78 is 13.8. The molecule has 0 atom stereocenters. The number of piperazine rings is 1. The molecule has 22 heavy (non-hydrogen) atoms. The van der Waals surface area contributed by atoms with Gasteiger partial charge in [0.1, 0.15) is 5.82 Å². The van der Waals surface area contributed by atoms with Crippen molar-refractivity contribution >= 4 is 17.1 Å². The molecule has 1 aliphatic heterocycles. The zero-order chi connectivity index (χ0) is 15.5. The maximum atomic E-state index is 13.8. The highest BCUT2D eigenvalue weighted by Crippen LogP contribution is 2.22. The maximum Gasteiger partial charge on any atom is 0.146 e. The number of benzene rings is 2. The number of nitrogens with two attached hydrogens (primary N) is 2. The fraction of sp³-hybridized carbons (Fsp3) is 0.294. The van der Waals surface area contributed by atoms with Crippen LogP contribution in [-0.2, 0) is 6.54 Å². The summed E-state index contributed by atoms with van der Waals surface area (Å²) in [6, 6.07) is 12.7. The van der Waals surface area contributed by atoms with Crippen LogP contribution in [0.1, 0.15) is 5.56 Å². The van der Waals surface area contributed by atoms with Crippen molar-refractivity contribution in [3.63, 3.8) is 0 Å². The van der Waals surface area contributed by atoms with Gasteiger partial charge in [0, 0.05) is 32.7 Å². The Morgan fingerprint density at radius 3 is 2.32 bits per heavy atom. The van der Waals surface area contributed by atoms with E-state index in [2.05, 4.69) is 9.80 Å². The van der Waals surface area contributed by atoms with Gasteiger partial charge in [0.15, 0.2) is 0 Å². The molecule has 3 rings (SSSR count). The minimum absolute atomic E-state index is 0.151. The van der Waals surface area contributed by atoms with Crippen LogP contribution < -0.4 is 16.4 Å². The standard InChI is InChI=1S/C17H21FN4/c18-14-3-1-2-4-17(14)22-9-7-21(8-10-22)12-13-5-6-15(19)16(20)11-13/h1-6,11H,7-10,12,19-20H2. The average molecular weight is 300 g/mol. The van der Waals surface area contributed by atoms with Crippen LogP contribution >= 0.6 is 0 Å². The van der Waals surface area contributed by atoms with E-state index in [9.17, 15) is 4.39 Å². The number of anilines is 3. The highest BCUT2D eigenvalue weighted by molar-refractivity contribution is 5.63. The van der Waals surface area contributed by atoms with Crippen molar-refractivity contribution in [3.8, 4) is 0 Å². The van der Waals surface area contributed by atoms with E-state index in [4.69, 9.17) is 11.5 Å². The van der Waals surface area contributed by atoms with Crippen molar-refractivity contribution in [1.82, 2.24) is 4.90 Å². The highest BCUT2D eigenvalue weighted by atomic mass is 19.1. The van der Waals surface area contributed by atoms with Gasteiger partial charge < -0.3 is 16.4 Å². The molecule has 4 N–H and O–H groups in total. The first kappa shape index (κ1) is 14.7. The summed E-state index contributed by atoms with van der Waals surface area (Å²) in [6.07, 6.45) is 0. The molecule has 1 heterocycles. The lowest BCUT2D eigenvalue weighted by molar-refractivity contribution is 0.249. The Kier molecular flexibility index (Phi) is 4.15. The minimum atomic E-state index is -0.151. The first-order valence-electron chi connectivity index (χ1n) is 7.49. The van der Waals surface area contributed by atoms with Gasteiger partial charge in [-0.1, -0.05) is 18.2 Å². The second-order valence-corrected chi connectivity index (χ2v) is 5.68. The molecule has 0 aliphatic carbocycles. The van der Waals surface area contributed by atoms with Crippen molar-refractivity contribution in [2.24, 2.45) is 0 Å². The van der Waals surface area contributed by atoms with Gasteiger partial charge in [-0.05, 0) is 29.8 Å². The van der Waals surface area contributed by atoms with E-state index in [0.29, 0.717) is 17.1 Å². The Labute approximate surface area is 130 Å². The van der Waals surface area contributed by atoms with Gasteiger partial charge in [-0.2, -0.15) is 0 Å². The number of hydrogen-bond acceptors (Lipinski definition) is 4. The van der Waals surface area contributed by atoms with E-state index in [1.54, 1.807) is 6.07 Å². The Morgan fingerprint density at radius 2 is 1.64 bits per heavy atom. The van der Waals surface area contributed by atoms with E-state index in [0.717, 1.165) is 38.3 Å². The number of halogens is 1. The van der Waals surface area contributed by atoms with Crippen molar-refractivity contribution < 1.29 is 4.39 Å². The Morgan fingerprint density at radius 1 is 0.909 bits per heavy atom. The molecule has 5 heteroatoms. The molecule has 2 aromatic carbocycles. The summed E-state index contributed by atoms with van der Waals surface area (Å²) in [6.45, 7) is 4.30. The van der Waals surface area contributed by atoms with Gasteiger partial charge in [0.25, 0.3) is 0 Å². The fourth-order valence-corrected chi connectivity index (χ4v) is 2.84. The topological polar surface area (TPSA) is 58.5 Å². The molecule has 0 aromatic heterocycles. The predicted molar refractivity (Wildman–Crippen MR) is 89.2 cm³/mol. The molecule has 1 saturated heterocycles. The van der Waals surface area contributed by atoms with Crippen molar-refractivity contribution in [2.75, 3.05) is 42.5 Å². The van der Waals surface area contributed by atoms with E-state index >= 15 is 0 Å². The van der Waals surface area contributed by atoms with Gasteiger partial charge in [0.05, 0.1) is 17.1 Å². The average Bonchev–Trinajstić information content (AvgIpc) is 2.52. The number of rotatable bonds is 3. The van der Waals surface area contributed by atoms with E-state index < -0.39 is 0 Å². The molecule has 1 fully saturated rings. The summed E-state index contributed by atoms with van der Waals surface area (Å²) in [4.78, 5) is 4.45. The molecule has 0 unspecified atom stereocenters. The number of nitrogen functional groups attached to an aromatic ring is 2. The first-order chi connectivity index (χ1) is 10.6. The molecular formula is C17H21FN4. The van der Waals surface area contributed by atoms with Crippen LogP contribution in [-0.4, -0.2) is 31.1 Å². The first-order valence-corrected chi connectivity index (χ1v) is 7.49. The monoisotopic (exact) mass is 300 g/mol. The molecule has 1 aliphatic rings. The summed E-state index contributed by atoms with van der Waals surface area (Å²) in [5.74, 6) is -0.151. The summed E-state index contributed by atoms with van der Waals surface area (Å²) in [5.41, 5.74) is 14.7.